The van der Waals surface area contributed by atoms with Gasteiger partial charge in [0.05, 0.1) is 6.42 Å². The van der Waals surface area contributed by atoms with Crippen molar-refractivity contribution in [3.05, 3.63) is 0 Å². The summed E-state index contributed by atoms with van der Waals surface area (Å²) in [6, 6.07) is 0. The zero-order valence-corrected chi connectivity index (χ0v) is 9.08. The molecule has 0 aromatic rings. The van der Waals surface area contributed by atoms with Crippen LogP contribution in [0.15, 0.2) is 0 Å². The van der Waals surface area contributed by atoms with Crippen LogP contribution in [0.2, 0.25) is 0 Å². The van der Waals surface area contributed by atoms with E-state index in [2.05, 4.69) is 5.32 Å². The van der Waals surface area contributed by atoms with Crippen LogP contribution >= 0.6 is 0 Å². The molecule has 0 saturated heterocycles. The maximum Gasteiger partial charge on any atom is 0.390 e. The van der Waals surface area contributed by atoms with Gasteiger partial charge in [-0.1, -0.05) is 32.1 Å². The van der Waals surface area contributed by atoms with Crippen molar-refractivity contribution in [2.24, 2.45) is 5.92 Å². The lowest BCUT2D eigenvalue weighted by atomic mass is 9.87. The number of rotatable bonds is 5. The number of hydrogen-bond acceptors (Lipinski definition) is 1. The fourth-order valence-electron chi connectivity index (χ4n) is 2.14. The lowest BCUT2D eigenvalue weighted by Gasteiger charge is -2.21. The fourth-order valence-corrected chi connectivity index (χ4v) is 2.14. The highest BCUT2D eigenvalue weighted by molar-refractivity contribution is 4.67. The summed E-state index contributed by atoms with van der Waals surface area (Å²) in [6.07, 6.45) is 2.77. The van der Waals surface area contributed by atoms with Crippen LogP contribution in [0.4, 0.5) is 13.2 Å². The van der Waals surface area contributed by atoms with Crippen LogP contribution in [0.1, 0.15) is 44.9 Å². The lowest BCUT2D eigenvalue weighted by Crippen LogP contribution is -2.24. The first-order chi connectivity index (χ1) is 7.08. The van der Waals surface area contributed by atoms with E-state index in [0.717, 1.165) is 18.9 Å². The van der Waals surface area contributed by atoms with E-state index in [1.54, 1.807) is 0 Å². The minimum atomic E-state index is -4.02. The highest BCUT2D eigenvalue weighted by Gasteiger charge is 2.25. The van der Waals surface area contributed by atoms with E-state index in [4.69, 9.17) is 0 Å². The van der Waals surface area contributed by atoms with Gasteiger partial charge in [-0.2, -0.15) is 13.2 Å². The maximum absolute atomic E-state index is 11.8. The number of alkyl halides is 3. The highest BCUT2D eigenvalue weighted by Crippen LogP contribution is 2.25. The fraction of sp³-hybridized carbons (Fsp3) is 1.00. The minimum Gasteiger partial charge on any atom is -0.316 e. The van der Waals surface area contributed by atoms with Crippen molar-refractivity contribution in [1.29, 1.82) is 0 Å². The Kier molecular flexibility index (Phi) is 5.43. The van der Waals surface area contributed by atoms with Gasteiger partial charge in [0, 0.05) is 6.54 Å². The van der Waals surface area contributed by atoms with Gasteiger partial charge in [0.25, 0.3) is 0 Å². The highest BCUT2D eigenvalue weighted by atomic mass is 19.4. The largest absolute Gasteiger partial charge is 0.390 e. The Morgan fingerprint density at radius 3 is 2.27 bits per heavy atom. The van der Waals surface area contributed by atoms with Crippen LogP contribution in [-0.4, -0.2) is 19.3 Å². The smallest absolute Gasteiger partial charge is 0.316 e. The molecule has 0 amide bonds. The third-order valence-corrected chi connectivity index (χ3v) is 3.04. The summed E-state index contributed by atoms with van der Waals surface area (Å²) < 4.78 is 35.4. The Balaban J connectivity index is 1.92. The van der Waals surface area contributed by atoms with Gasteiger partial charge in [0.2, 0.25) is 0 Å². The van der Waals surface area contributed by atoms with Gasteiger partial charge in [-0.05, 0) is 18.9 Å². The number of halogens is 3. The SMILES string of the molecule is FC(F)(F)CCNCCC1CCCCC1. The van der Waals surface area contributed by atoms with Gasteiger partial charge < -0.3 is 5.32 Å². The molecule has 0 atom stereocenters. The zero-order chi connectivity index (χ0) is 11.1. The van der Waals surface area contributed by atoms with Crippen LogP contribution in [0.5, 0.6) is 0 Å². The second-order valence-electron chi connectivity index (χ2n) is 4.41. The molecule has 90 valence electrons. The summed E-state index contributed by atoms with van der Waals surface area (Å²) in [7, 11) is 0. The topological polar surface area (TPSA) is 12.0 Å². The van der Waals surface area contributed by atoms with E-state index in [9.17, 15) is 13.2 Å². The average Bonchev–Trinajstić information content (AvgIpc) is 2.17. The Bertz CT molecular complexity index is 162. The van der Waals surface area contributed by atoms with Crippen molar-refractivity contribution in [3.8, 4) is 0 Å². The van der Waals surface area contributed by atoms with Crippen molar-refractivity contribution < 1.29 is 13.2 Å². The zero-order valence-electron chi connectivity index (χ0n) is 9.08. The first-order valence-electron chi connectivity index (χ1n) is 5.85. The molecule has 0 spiro atoms. The third-order valence-electron chi connectivity index (χ3n) is 3.04. The molecule has 0 radical (unpaired) electrons. The van der Waals surface area contributed by atoms with E-state index >= 15 is 0 Å². The lowest BCUT2D eigenvalue weighted by molar-refractivity contribution is -0.133. The Labute approximate surface area is 89.4 Å². The Morgan fingerprint density at radius 2 is 1.67 bits per heavy atom. The number of hydrogen-bond donors (Lipinski definition) is 1. The second-order valence-corrected chi connectivity index (χ2v) is 4.41. The summed E-state index contributed by atoms with van der Waals surface area (Å²) in [5.41, 5.74) is 0. The molecule has 1 saturated carbocycles. The molecule has 0 aromatic carbocycles. The maximum atomic E-state index is 11.8. The van der Waals surface area contributed by atoms with E-state index in [1.807, 2.05) is 0 Å². The second kappa shape index (κ2) is 6.36. The predicted molar refractivity (Wildman–Crippen MR) is 54.7 cm³/mol. The van der Waals surface area contributed by atoms with Gasteiger partial charge in [0.1, 0.15) is 0 Å². The van der Waals surface area contributed by atoms with Gasteiger partial charge in [0.15, 0.2) is 0 Å². The molecule has 4 heteroatoms. The van der Waals surface area contributed by atoms with Crippen molar-refractivity contribution in [1.82, 2.24) is 5.32 Å². The molecular weight excluding hydrogens is 203 g/mol. The minimum absolute atomic E-state index is 0.0657. The van der Waals surface area contributed by atoms with E-state index in [0.29, 0.717) is 0 Å². The molecule has 0 unspecified atom stereocenters. The first-order valence-corrected chi connectivity index (χ1v) is 5.85. The van der Waals surface area contributed by atoms with Crippen molar-refractivity contribution in [2.75, 3.05) is 13.1 Å². The molecule has 1 nitrogen and oxygen atoms in total. The van der Waals surface area contributed by atoms with Crippen LogP contribution < -0.4 is 5.32 Å². The molecule has 1 aliphatic rings. The van der Waals surface area contributed by atoms with Crippen molar-refractivity contribution in [3.63, 3.8) is 0 Å². The van der Waals surface area contributed by atoms with E-state index in [-0.39, 0.29) is 6.54 Å². The molecule has 15 heavy (non-hydrogen) atoms. The summed E-state index contributed by atoms with van der Waals surface area (Å²) in [5, 5.41) is 2.87. The van der Waals surface area contributed by atoms with E-state index in [1.165, 1.54) is 32.1 Å². The van der Waals surface area contributed by atoms with Crippen molar-refractivity contribution in [2.45, 2.75) is 51.1 Å². The molecule has 1 fully saturated rings. The summed E-state index contributed by atoms with van der Waals surface area (Å²) in [4.78, 5) is 0. The molecular formula is C11H20F3N. The summed E-state index contributed by atoms with van der Waals surface area (Å²) in [6.45, 7) is 0.803. The average molecular weight is 223 g/mol. The molecule has 0 aliphatic heterocycles. The predicted octanol–water partition coefficient (Wildman–Crippen LogP) is 3.50. The summed E-state index contributed by atoms with van der Waals surface area (Å²) in [5.74, 6) is 0.747. The van der Waals surface area contributed by atoms with Crippen molar-refractivity contribution >= 4 is 0 Å². The molecule has 0 aromatic heterocycles. The summed E-state index contributed by atoms with van der Waals surface area (Å²) >= 11 is 0. The molecule has 0 bridgehead atoms. The molecule has 1 aliphatic carbocycles. The van der Waals surface area contributed by atoms with Crippen LogP contribution in [-0.2, 0) is 0 Å². The molecule has 0 heterocycles. The molecule has 1 rings (SSSR count). The first kappa shape index (κ1) is 12.8. The van der Waals surface area contributed by atoms with Gasteiger partial charge in [-0.25, -0.2) is 0 Å². The quantitative estimate of drug-likeness (QED) is 0.703. The van der Waals surface area contributed by atoms with Crippen LogP contribution in [0.3, 0.4) is 0 Å². The standard InChI is InChI=1S/C11H20F3N/c12-11(13,14)7-9-15-8-6-10-4-2-1-3-5-10/h10,15H,1-9H2. The van der Waals surface area contributed by atoms with Gasteiger partial charge in [-0.3, -0.25) is 0 Å². The van der Waals surface area contributed by atoms with Crippen LogP contribution in [0, 0.1) is 5.92 Å². The van der Waals surface area contributed by atoms with Crippen LogP contribution in [0.25, 0.3) is 0 Å². The molecule has 1 N–H and O–H groups in total. The monoisotopic (exact) mass is 223 g/mol. The number of nitrogens with one attached hydrogen (secondary N) is 1. The van der Waals surface area contributed by atoms with Gasteiger partial charge >= 0.3 is 6.18 Å². The third kappa shape index (κ3) is 6.77. The normalized spacial score (nSPS) is 19.4. The Hall–Kier alpha value is -0.250. The van der Waals surface area contributed by atoms with Gasteiger partial charge in [-0.15, -0.1) is 0 Å². The van der Waals surface area contributed by atoms with E-state index < -0.39 is 12.6 Å². The Morgan fingerprint density at radius 1 is 1.00 bits per heavy atom.